The van der Waals surface area contributed by atoms with Crippen molar-refractivity contribution in [2.45, 2.75) is 6.42 Å². The second kappa shape index (κ2) is 10.7. The Hall–Kier alpha value is -5.63. The van der Waals surface area contributed by atoms with Gasteiger partial charge in [0, 0.05) is 35.3 Å². The maximum Gasteiger partial charge on any atom is 0.159 e. The smallest absolute Gasteiger partial charge is 0.159 e. The van der Waals surface area contributed by atoms with E-state index < -0.39 is 0 Å². The van der Waals surface area contributed by atoms with Gasteiger partial charge in [0.05, 0.1) is 28.8 Å². The molecule has 0 spiro atoms. The number of nitrogens with zero attached hydrogens (tertiary/aromatic N) is 3. The molecule has 0 radical (unpaired) electrons. The van der Waals surface area contributed by atoms with E-state index in [4.69, 9.17) is 4.98 Å². The molecule has 3 aromatic heterocycles. The van der Waals surface area contributed by atoms with Crippen LogP contribution in [0.1, 0.15) is 5.56 Å². The molecular formula is C34H25FN6O. The highest BCUT2D eigenvalue weighted by molar-refractivity contribution is 5.98. The number of hydrogen-bond acceptors (Lipinski definition) is 5. The van der Waals surface area contributed by atoms with Gasteiger partial charge in [-0.25, -0.2) is 9.37 Å². The Bertz CT molecular complexity index is 2050. The quantitative estimate of drug-likeness (QED) is 0.185. The molecule has 3 heterocycles. The van der Waals surface area contributed by atoms with Crippen molar-refractivity contribution in [1.29, 1.82) is 0 Å². The van der Waals surface area contributed by atoms with Crippen molar-refractivity contribution in [2.24, 2.45) is 0 Å². The van der Waals surface area contributed by atoms with Crippen molar-refractivity contribution in [3.63, 3.8) is 0 Å². The van der Waals surface area contributed by atoms with Crippen molar-refractivity contribution in [1.82, 2.24) is 25.1 Å². The average molecular weight is 553 g/mol. The van der Waals surface area contributed by atoms with Crippen LogP contribution in [0.15, 0.2) is 109 Å². The number of para-hydroxylation sites is 1. The van der Waals surface area contributed by atoms with Crippen LogP contribution in [0.25, 0.3) is 55.7 Å². The lowest BCUT2D eigenvalue weighted by molar-refractivity contribution is -0.116. The molecule has 7 nitrogen and oxygen atoms in total. The van der Waals surface area contributed by atoms with Gasteiger partial charge in [0.25, 0.3) is 0 Å². The molecule has 4 aromatic carbocycles. The Morgan fingerprint density at radius 1 is 0.810 bits per heavy atom. The van der Waals surface area contributed by atoms with Crippen LogP contribution in [0, 0.1) is 5.82 Å². The lowest BCUT2D eigenvalue weighted by atomic mass is 10.0. The SMILES string of the molecule is O=C(CNc1cncc(-c2ccc3[nH]nc(-c4nc5c(-c6ccc(F)cc6)cccc5[nH]4)c3c2)c1)Cc1ccccc1. The maximum absolute atomic E-state index is 13.5. The Balaban J connectivity index is 1.17. The number of carbonyl (C=O) groups is 1. The topological polar surface area (TPSA) is 99.3 Å². The summed E-state index contributed by atoms with van der Waals surface area (Å²) in [5.41, 5.74) is 8.66. The van der Waals surface area contributed by atoms with E-state index in [-0.39, 0.29) is 18.1 Å². The molecule has 0 aliphatic rings. The zero-order valence-corrected chi connectivity index (χ0v) is 22.4. The minimum Gasteiger partial charge on any atom is -0.377 e. The van der Waals surface area contributed by atoms with Gasteiger partial charge in [-0.3, -0.25) is 14.9 Å². The van der Waals surface area contributed by atoms with Gasteiger partial charge in [0.1, 0.15) is 11.5 Å². The Morgan fingerprint density at radius 2 is 1.64 bits per heavy atom. The van der Waals surface area contributed by atoms with Crippen molar-refractivity contribution in [3.8, 4) is 33.8 Å². The number of aromatic nitrogens is 5. The van der Waals surface area contributed by atoms with Crippen molar-refractivity contribution in [2.75, 3.05) is 11.9 Å². The summed E-state index contributed by atoms with van der Waals surface area (Å²) in [4.78, 5) is 25.2. The average Bonchev–Trinajstić information content (AvgIpc) is 3.65. The van der Waals surface area contributed by atoms with Gasteiger partial charge in [-0.05, 0) is 53.1 Å². The van der Waals surface area contributed by atoms with E-state index in [1.807, 2.05) is 66.7 Å². The molecule has 0 bridgehead atoms. The first-order chi connectivity index (χ1) is 20.6. The van der Waals surface area contributed by atoms with Crippen LogP contribution in [-0.2, 0) is 11.2 Å². The third-order valence-corrected chi connectivity index (χ3v) is 7.26. The molecule has 8 heteroatoms. The number of imidazole rings is 1. The fourth-order valence-electron chi connectivity index (χ4n) is 5.16. The lowest BCUT2D eigenvalue weighted by Gasteiger charge is -2.08. The third-order valence-electron chi connectivity index (χ3n) is 7.26. The molecule has 7 aromatic rings. The zero-order valence-electron chi connectivity index (χ0n) is 22.4. The summed E-state index contributed by atoms with van der Waals surface area (Å²) in [6.07, 6.45) is 3.90. The highest BCUT2D eigenvalue weighted by Gasteiger charge is 2.16. The fraction of sp³-hybridized carbons (Fsp3) is 0.0588. The zero-order chi connectivity index (χ0) is 28.5. The van der Waals surface area contributed by atoms with Gasteiger partial charge in [-0.2, -0.15) is 5.10 Å². The molecule has 204 valence electrons. The molecule has 3 N–H and O–H groups in total. The summed E-state index contributed by atoms with van der Waals surface area (Å²) in [6.45, 7) is 0.219. The minimum atomic E-state index is -0.277. The number of carbonyl (C=O) groups excluding carboxylic acids is 1. The maximum atomic E-state index is 13.5. The number of nitrogens with one attached hydrogen (secondary N) is 3. The van der Waals surface area contributed by atoms with Gasteiger partial charge < -0.3 is 10.3 Å². The third kappa shape index (κ3) is 5.01. The standard InChI is InChI=1S/C34H25FN6O/c35-25-12-9-22(10-13-25)28-7-4-8-31-32(28)39-34(38-31)33-29-17-23(11-14-30(29)40-41-33)24-16-26(19-36-18-24)37-20-27(42)15-21-5-2-1-3-6-21/h1-14,16-19,37H,15,20H2,(H,38,39)(H,40,41). The molecule has 0 amide bonds. The van der Waals surface area contributed by atoms with Crippen molar-refractivity contribution >= 4 is 33.4 Å². The summed E-state index contributed by atoms with van der Waals surface area (Å²) in [7, 11) is 0. The number of benzene rings is 4. The number of halogens is 1. The van der Waals surface area contributed by atoms with E-state index in [0.717, 1.165) is 55.4 Å². The van der Waals surface area contributed by atoms with E-state index in [1.54, 1.807) is 24.5 Å². The summed E-state index contributed by atoms with van der Waals surface area (Å²) in [5.74, 6) is 0.457. The number of ketones is 1. The van der Waals surface area contributed by atoms with Crippen LogP contribution >= 0.6 is 0 Å². The summed E-state index contributed by atoms with van der Waals surface area (Å²) in [6, 6.07) is 30.1. The van der Waals surface area contributed by atoms with Crippen LogP contribution in [0.3, 0.4) is 0 Å². The molecule has 0 aliphatic heterocycles. The molecule has 0 aliphatic carbocycles. The summed E-state index contributed by atoms with van der Waals surface area (Å²) in [5, 5.41) is 11.8. The highest BCUT2D eigenvalue weighted by atomic mass is 19.1. The second-order valence-corrected chi connectivity index (χ2v) is 10.1. The van der Waals surface area contributed by atoms with Gasteiger partial charge in [0.15, 0.2) is 11.6 Å². The molecule has 0 saturated heterocycles. The molecular weight excluding hydrogens is 527 g/mol. The predicted octanol–water partition coefficient (Wildman–Crippen LogP) is 7.20. The van der Waals surface area contributed by atoms with E-state index >= 15 is 0 Å². The van der Waals surface area contributed by atoms with E-state index in [9.17, 15) is 9.18 Å². The molecule has 7 rings (SSSR count). The number of anilines is 1. The van der Waals surface area contributed by atoms with Gasteiger partial charge in [0.2, 0.25) is 0 Å². The first-order valence-corrected chi connectivity index (χ1v) is 13.6. The number of rotatable bonds is 8. The van der Waals surface area contributed by atoms with E-state index in [0.29, 0.717) is 17.9 Å². The largest absolute Gasteiger partial charge is 0.377 e. The number of pyridine rings is 1. The van der Waals surface area contributed by atoms with Crippen LogP contribution in [-0.4, -0.2) is 37.5 Å². The number of hydrogen-bond donors (Lipinski definition) is 3. The Kier molecular flexibility index (Phi) is 6.48. The van der Waals surface area contributed by atoms with Crippen LogP contribution in [0.4, 0.5) is 10.1 Å². The first-order valence-electron chi connectivity index (χ1n) is 13.6. The molecule has 0 unspecified atom stereocenters. The second-order valence-electron chi connectivity index (χ2n) is 10.1. The Morgan fingerprint density at radius 3 is 2.50 bits per heavy atom. The number of Topliss-reactive ketones (excluding diaryl/α,β-unsaturated/α-hetero) is 1. The summed E-state index contributed by atoms with van der Waals surface area (Å²) >= 11 is 0. The molecule has 0 fully saturated rings. The van der Waals surface area contributed by atoms with Gasteiger partial charge >= 0.3 is 0 Å². The predicted molar refractivity (Wildman–Crippen MR) is 163 cm³/mol. The number of fused-ring (bicyclic) bond motifs is 2. The van der Waals surface area contributed by atoms with Gasteiger partial charge in [-0.1, -0.05) is 60.7 Å². The lowest BCUT2D eigenvalue weighted by Crippen LogP contribution is -2.16. The van der Waals surface area contributed by atoms with Gasteiger partial charge in [-0.15, -0.1) is 0 Å². The van der Waals surface area contributed by atoms with Crippen LogP contribution in [0.2, 0.25) is 0 Å². The molecule has 0 atom stereocenters. The number of aromatic amines is 2. The van der Waals surface area contributed by atoms with E-state index in [2.05, 4.69) is 31.5 Å². The van der Waals surface area contributed by atoms with E-state index in [1.165, 1.54) is 12.1 Å². The minimum absolute atomic E-state index is 0.101. The highest BCUT2D eigenvalue weighted by Crippen LogP contribution is 2.33. The fourth-order valence-corrected chi connectivity index (χ4v) is 5.16. The monoisotopic (exact) mass is 552 g/mol. The molecule has 42 heavy (non-hydrogen) atoms. The van der Waals surface area contributed by atoms with Crippen molar-refractivity contribution in [3.05, 3.63) is 121 Å². The van der Waals surface area contributed by atoms with Crippen LogP contribution < -0.4 is 5.32 Å². The first kappa shape index (κ1) is 25.3. The molecule has 0 saturated carbocycles. The number of H-pyrrole nitrogens is 2. The van der Waals surface area contributed by atoms with Crippen LogP contribution in [0.5, 0.6) is 0 Å². The Labute approximate surface area is 240 Å². The normalized spacial score (nSPS) is 11.3. The summed E-state index contributed by atoms with van der Waals surface area (Å²) < 4.78 is 13.5. The van der Waals surface area contributed by atoms with Crippen molar-refractivity contribution < 1.29 is 9.18 Å².